The van der Waals surface area contributed by atoms with Crippen LogP contribution in [0, 0.1) is 11.7 Å². The number of nitrogens with one attached hydrogen (secondary N) is 1. The molecule has 2 nitrogen and oxygen atoms in total. The van der Waals surface area contributed by atoms with E-state index in [0.717, 1.165) is 44.6 Å². The first-order valence-electron chi connectivity index (χ1n) is 7.68. The van der Waals surface area contributed by atoms with Gasteiger partial charge in [0.1, 0.15) is 5.82 Å². The molecule has 0 aromatic heterocycles. The largest absolute Gasteiger partial charge is 0.381 e. The topological polar surface area (TPSA) is 21.3 Å². The van der Waals surface area contributed by atoms with Crippen molar-refractivity contribution < 1.29 is 9.13 Å². The van der Waals surface area contributed by atoms with Crippen molar-refractivity contribution in [3.05, 3.63) is 35.6 Å². The molecule has 0 amide bonds. The molecule has 0 bridgehead atoms. The maximum Gasteiger partial charge on any atom is 0.126 e. The average molecular weight is 281 g/mol. The number of halogens is 1. The smallest absolute Gasteiger partial charge is 0.126 e. The van der Waals surface area contributed by atoms with E-state index in [1.54, 1.807) is 6.07 Å². The minimum absolute atomic E-state index is 0.100. The van der Waals surface area contributed by atoms with Crippen molar-refractivity contribution >= 4 is 0 Å². The summed E-state index contributed by atoms with van der Waals surface area (Å²) < 4.78 is 19.3. The summed E-state index contributed by atoms with van der Waals surface area (Å²) >= 11 is 0. The molecule has 114 valence electrons. The van der Waals surface area contributed by atoms with Crippen molar-refractivity contribution in [2.45, 2.75) is 46.1 Å². The predicted molar refractivity (Wildman–Crippen MR) is 82.5 cm³/mol. The molecule has 0 aliphatic heterocycles. The zero-order valence-electron chi connectivity index (χ0n) is 13.0. The van der Waals surface area contributed by atoms with Crippen molar-refractivity contribution in [1.29, 1.82) is 0 Å². The third-order valence-corrected chi connectivity index (χ3v) is 3.30. The van der Waals surface area contributed by atoms with E-state index in [9.17, 15) is 4.39 Å². The van der Waals surface area contributed by atoms with Gasteiger partial charge in [-0.15, -0.1) is 0 Å². The summed E-state index contributed by atoms with van der Waals surface area (Å²) in [6, 6.07) is 7.51. The maximum absolute atomic E-state index is 13.7. The fourth-order valence-electron chi connectivity index (χ4n) is 2.15. The Morgan fingerprint density at radius 1 is 1.20 bits per heavy atom. The van der Waals surface area contributed by atoms with Crippen molar-refractivity contribution in [2.75, 3.05) is 19.8 Å². The lowest BCUT2D eigenvalue weighted by atomic mass is 9.96. The number of ether oxygens (including phenoxy) is 1. The van der Waals surface area contributed by atoms with E-state index in [1.165, 1.54) is 6.07 Å². The Hall–Kier alpha value is -0.930. The normalized spacial score (nSPS) is 12.8. The molecule has 0 saturated carbocycles. The summed E-state index contributed by atoms with van der Waals surface area (Å²) in [5.74, 6) is 0.308. The minimum atomic E-state index is -0.100. The van der Waals surface area contributed by atoms with Crippen LogP contribution in [0.15, 0.2) is 24.3 Å². The Labute approximate surface area is 122 Å². The molecule has 1 aromatic rings. The third-order valence-electron chi connectivity index (χ3n) is 3.30. The van der Waals surface area contributed by atoms with Crippen LogP contribution >= 0.6 is 0 Å². The molecular formula is C17H28FNO. The van der Waals surface area contributed by atoms with Gasteiger partial charge in [-0.05, 0) is 43.4 Å². The highest BCUT2D eigenvalue weighted by atomic mass is 19.1. The number of rotatable bonds is 10. The Balaban J connectivity index is 2.50. The summed E-state index contributed by atoms with van der Waals surface area (Å²) in [5.41, 5.74) is 0.804. The van der Waals surface area contributed by atoms with Gasteiger partial charge in [-0.25, -0.2) is 4.39 Å². The summed E-state index contributed by atoms with van der Waals surface area (Å²) in [4.78, 5) is 0. The van der Waals surface area contributed by atoms with Gasteiger partial charge in [-0.3, -0.25) is 0 Å². The Kier molecular flexibility index (Phi) is 8.47. The molecule has 1 atom stereocenters. The minimum Gasteiger partial charge on any atom is -0.381 e. The quantitative estimate of drug-likeness (QED) is 0.659. The van der Waals surface area contributed by atoms with Crippen LogP contribution < -0.4 is 5.32 Å². The highest BCUT2D eigenvalue weighted by molar-refractivity contribution is 5.17. The van der Waals surface area contributed by atoms with Crippen LogP contribution in [0.4, 0.5) is 4.39 Å². The molecule has 0 heterocycles. The highest BCUT2D eigenvalue weighted by Crippen LogP contribution is 2.15. The van der Waals surface area contributed by atoms with Gasteiger partial charge in [0, 0.05) is 19.3 Å². The zero-order chi connectivity index (χ0) is 14.8. The standard InChI is InChI=1S/C17H28FNO/c1-4-10-20-11-9-15(13-19-14(2)3)12-16-7-5-6-8-17(16)18/h5-8,14-15,19H,4,9-13H2,1-3H3. The van der Waals surface area contributed by atoms with Crippen LogP contribution in [0.3, 0.4) is 0 Å². The second-order valence-electron chi connectivity index (χ2n) is 5.63. The molecule has 0 fully saturated rings. The van der Waals surface area contributed by atoms with Gasteiger partial charge >= 0.3 is 0 Å². The zero-order valence-corrected chi connectivity index (χ0v) is 13.0. The summed E-state index contributed by atoms with van der Waals surface area (Å²) in [6.45, 7) is 8.84. The van der Waals surface area contributed by atoms with Crippen molar-refractivity contribution in [1.82, 2.24) is 5.32 Å². The van der Waals surface area contributed by atoms with Crippen LogP contribution in [0.5, 0.6) is 0 Å². The van der Waals surface area contributed by atoms with Crippen molar-refractivity contribution in [3.8, 4) is 0 Å². The molecule has 0 aliphatic rings. The molecule has 1 rings (SSSR count). The second-order valence-corrected chi connectivity index (χ2v) is 5.63. The molecule has 0 spiro atoms. The molecule has 20 heavy (non-hydrogen) atoms. The van der Waals surface area contributed by atoms with Gasteiger partial charge in [-0.1, -0.05) is 39.0 Å². The van der Waals surface area contributed by atoms with E-state index in [-0.39, 0.29) is 5.82 Å². The van der Waals surface area contributed by atoms with E-state index < -0.39 is 0 Å². The van der Waals surface area contributed by atoms with Gasteiger partial charge in [0.2, 0.25) is 0 Å². The van der Waals surface area contributed by atoms with Crippen molar-refractivity contribution in [3.63, 3.8) is 0 Å². The van der Waals surface area contributed by atoms with Gasteiger partial charge in [0.25, 0.3) is 0 Å². The molecule has 1 aromatic carbocycles. The maximum atomic E-state index is 13.7. The fourth-order valence-corrected chi connectivity index (χ4v) is 2.15. The van der Waals surface area contributed by atoms with E-state index in [1.807, 2.05) is 12.1 Å². The van der Waals surface area contributed by atoms with Crippen LogP contribution in [0.2, 0.25) is 0 Å². The average Bonchev–Trinajstić information content (AvgIpc) is 2.42. The summed E-state index contributed by atoms with van der Waals surface area (Å²) in [6.07, 6.45) is 2.78. The first-order valence-corrected chi connectivity index (χ1v) is 7.68. The monoisotopic (exact) mass is 281 g/mol. The number of hydrogen-bond acceptors (Lipinski definition) is 2. The lowest BCUT2D eigenvalue weighted by Crippen LogP contribution is -2.30. The summed E-state index contributed by atoms with van der Waals surface area (Å²) in [7, 11) is 0. The first-order chi connectivity index (χ1) is 9.63. The van der Waals surface area contributed by atoms with Gasteiger partial charge in [-0.2, -0.15) is 0 Å². The van der Waals surface area contributed by atoms with E-state index in [2.05, 4.69) is 26.1 Å². The SMILES string of the molecule is CCCOCCC(CNC(C)C)Cc1ccccc1F. The second kappa shape index (κ2) is 9.89. The Morgan fingerprint density at radius 3 is 2.60 bits per heavy atom. The Morgan fingerprint density at radius 2 is 1.95 bits per heavy atom. The molecule has 1 unspecified atom stereocenters. The lowest BCUT2D eigenvalue weighted by Gasteiger charge is -2.19. The van der Waals surface area contributed by atoms with Crippen LogP contribution in [-0.2, 0) is 11.2 Å². The number of benzene rings is 1. The molecule has 0 radical (unpaired) electrons. The predicted octanol–water partition coefficient (Wildman–Crippen LogP) is 3.80. The highest BCUT2D eigenvalue weighted by Gasteiger charge is 2.12. The van der Waals surface area contributed by atoms with Gasteiger partial charge < -0.3 is 10.1 Å². The van der Waals surface area contributed by atoms with Gasteiger partial charge in [0.05, 0.1) is 0 Å². The van der Waals surface area contributed by atoms with E-state index in [0.29, 0.717) is 12.0 Å². The van der Waals surface area contributed by atoms with Crippen molar-refractivity contribution in [2.24, 2.45) is 5.92 Å². The molecular weight excluding hydrogens is 253 g/mol. The van der Waals surface area contributed by atoms with E-state index in [4.69, 9.17) is 4.74 Å². The van der Waals surface area contributed by atoms with Crippen LogP contribution in [0.25, 0.3) is 0 Å². The van der Waals surface area contributed by atoms with Gasteiger partial charge in [0.15, 0.2) is 0 Å². The molecule has 0 saturated heterocycles. The summed E-state index contributed by atoms with van der Waals surface area (Å²) in [5, 5.41) is 3.45. The molecule has 1 N–H and O–H groups in total. The molecule has 3 heteroatoms. The van der Waals surface area contributed by atoms with E-state index >= 15 is 0 Å². The molecule has 0 aliphatic carbocycles. The Bertz CT molecular complexity index is 368. The lowest BCUT2D eigenvalue weighted by molar-refractivity contribution is 0.119. The van der Waals surface area contributed by atoms with Crippen LogP contribution in [0.1, 0.15) is 39.2 Å². The van der Waals surface area contributed by atoms with Crippen LogP contribution in [-0.4, -0.2) is 25.8 Å². The third kappa shape index (κ3) is 7.01. The first kappa shape index (κ1) is 17.1. The fraction of sp³-hybridized carbons (Fsp3) is 0.647. The number of hydrogen-bond donors (Lipinski definition) is 1.